The van der Waals surface area contributed by atoms with Crippen molar-refractivity contribution in [1.82, 2.24) is 14.8 Å². The average Bonchev–Trinajstić information content (AvgIpc) is 3.22. The molecule has 2 heterocycles. The smallest absolute Gasteiger partial charge is 0.265 e. The Balaban J connectivity index is 1.27. The predicted molar refractivity (Wildman–Crippen MR) is 131 cm³/mol. The van der Waals surface area contributed by atoms with Crippen molar-refractivity contribution < 1.29 is 14.3 Å². The second-order valence-electron chi connectivity index (χ2n) is 8.58. The Morgan fingerprint density at radius 2 is 1.97 bits per heavy atom. The second kappa shape index (κ2) is 9.50. The number of aryl methyl sites for hydroxylation is 1. The number of para-hydroxylation sites is 2. The normalized spacial score (nSPS) is 15.8. The van der Waals surface area contributed by atoms with Gasteiger partial charge in [-0.3, -0.25) is 14.5 Å². The fourth-order valence-corrected chi connectivity index (χ4v) is 5.41. The number of nitrogens with one attached hydrogen (secondary N) is 1. The van der Waals surface area contributed by atoms with Crippen molar-refractivity contribution in [3.63, 3.8) is 0 Å². The highest BCUT2D eigenvalue weighted by atomic mass is 32.2. The average molecular weight is 478 g/mol. The van der Waals surface area contributed by atoms with E-state index in [0.29, 0.717) is 22.4 Å². The zero-order valence-electron chi connectivity index (χ0n) is 19.3. The molecule has 176 valence electrons. The first-order valence-electron chi connectivity index (χ1n) is 11.5. The Labute approximate surface area is 202 Å². The molecule has 34 heavy (non-hydrogen) atoms. The van der Waals surface area contributed by atoms with Crippen LogP contribution in [-0.4, -0.2) is 38.9 Å². The first-order valence-corrected chi connectivity index (χ1v) is 12.5. The minimum Gasteiger partial charge on any atom is -0.482 e. The number of hydrogen-bond acceptors (Lipinski definition) is 6. The standard InChI is InChI=1S/C25H27N5O3S/c1-16(30-20-12-5-6-13-21(20)33-14-23(30)32)24-27-28-25(29(24)2)34-15-22(31)26-19-11-7-9-17-8-3-4-10-18(17)19/h5-7,9,11-13,16H,3-4,8,10,14-15H2,1-2H3,(H,26,31)/t16-/m0/s1. The molecule has 8 nitrogen and oxygen atoms in total. The van der Waals surface area contributed by atoms with Crippen LogP contribution in [0.5, 0.6) is 5.75 Å². The van der Waals surface area contributed by atoms with E-state index in [9.17, 15) is 9.59 Å². The number of fused-ring (bicyclic) bond motifs is 2. The van der Waals surface area contributed by atoms with Gasteiger partial charge in [-0.15, -0.1) is 10.2 Å². The number of rotatable bonds is 6. The number of benzene rings is 2. The van der Waals surface area contributed by atoms with Crippen LogP contribution in [0.3, 0.4) is 0 Å². The third-order valence-electron chi connectivity index (χ3n) is 6.38. The van der Waals surface area contributed by atoms with Gasteiger partial charge in [0.25, 0.3) is 5.91 Å². The number of aromatic nitrogens is 3. The van der Waals surface area contributed by atoms with Gasteiger partial charge in [0.2, 0.25) is 5.91 Å². The monoisotopic (exact) mass is 477 g/mol. The minimum absolute atomic E-state index is 0.00975. The van der Waals surface area contributed by atoms with Crippen LogP contribution < -0.4 is 15.0 Å². The Hall–Kier alpha value is -3.33. The molecule has 0 bridgehead atoms. The maximum Gasteiger partial charge on any atom is 0.265 e. The molecule has 1 aromatic heterocycles. The van der Waals surface area contributed by atoms with Crippen LogP contribution in [0.4, 0.5) is 11.4 Å². The lowest BCUT2D eigenvalue weighted by atomic mass is 9.90. The van der Waals surface area contributed by atoms with Crippen molar-refractivity contribution in [2.24, 2.45) is 7.05 Å². The predicted octanol–water partition coefficient (Wildman–Crippen LogP) is 3.91. The number of thioether (sulfide) groups is 1. The van der Waals surface area contributed by atoms with E-state index in [1.807, 2.05) is 54.9 Å². The van der Waals surface area contributed by atoms with E-state index >= 15 is 0 Å². The van der Waals surface area contributed by atoms with Crippen LogP contribution in [0.25, 0.3) is 0 Å². The number of carbonyl (C=O) groups is 2. The lowest BCUT2D eigenvalue weighted by molar-refractivity contribution is -0.121. The van der Waals surface area contributed by atoms with Crippen molar-refractivity contribution in [1.29, 1.82) is 0 Å². The summed E-state index contributed by atoms with van der Waals surface area (Å²) in [6.45, 7) is 1.91. The van der Waals surface area contributed by atoms with Crippen molar-refractivity contribution in [2.45, 2.75) is 43.8 Å². The van der Waals surface area contributed by atoms with Gasteiger partial charge in [0.05, 0.1) is 17.5 Å². The summed E-state index contributed by atoms with van der Waals surface area (Å²) in [6, 6.07) is 13.3. The molecule has 0 unspecified atom stereocenters. The van der Waals surface area contributed by atoms with Gasteiger partial charge in [-0.25, -0.2) is 0 Å². The number of amides is 2. The Morgan fingerprint density at radius 3 is 2.85 bits per heavy atom. The third-order valence-corrected chi connectivity index (χ3v) is 7.40. The molecule has 0 saturated heterocycles. The van der Waals surface area contributed by atoms with Gasteiger partial charge in [-0.2, -0.15) is 0 Å². The van der Waals surface area contributed by atoms with Crippen LogP contribution in [0.15, 0.2) is 47.6 Å². The van der Waals surface area contributed by atoms with E-state index in [2.05, 4.69) is 21.6 Å². The van der Waals surface area contributed by atoms with Gasteiger partial charge in [-0.05, 0) is 61.9 Å². The SMILES string of the molecule is C[C@@H](c1nnc(SCC(=O)Nc2cccc3c2CCCC3)n1C)N1C(=O)COc2ccccc21. The Morgan fingerprint density at radius 1 is 1.15 bits per heavy atom. The van der Waals surface area contributed by atoms with Crippen LogP contribution >= 0.6 is 11.8 Å². The highest BCUT2D eigenvalue weighted by Gasteiger charge is 2.32. The number of nitrogens with zero attached hydrogens (tertiary/aromatic N) is 4. The van der Waals surface area contributed by atoms with Crippen LogP contribution in [-0.2, 0) is 29.5 Å². The topological polar surface area (TPSA) is 89.4 Å². The van der Waals surface area contributed by atoms with E-state index in [1.54, 1.807) is 4.90 Å². The van der Waals surface area contributed by atoms with Crippen LogP contribution in [0, 0.1) is 0 Å². The number of anilines is 2. The molecule has 0 fully saturated rings. The van der Waals surface area contributed by atoms with Gasteiger partial charge in [0.1, 0.15) is 5.75 Å². The molecule has 0 spiro atoms. The lowest BCUT2D eigenvalue weighted by Gasteiger charge is -2.33. The molecular formula is C25H27N5O3S. The quantitative estimate of drug-likeness (QED) is 0.542. The van der Waals surface area contributed by atoms with Gasteiger partial charge < -0.3 is 14.6 Å². The molecule has 0 radical (unpaired) electrons. The van der Waals surface area contributed by atoms with Gasteiger partial charge in [0, 0.05) is 12.7 Å². The van der Waals surface area contributed by atoms with Gasteiger partial charge >= 0.3 is 0 Å². The van der Waals surface area contributed by atoms with Crippen molar-refractivity contribution >= 4 is 35.0 Å². The van der Waals surface area contributed by atoms with E-state index < -0.39 is 0 Å². The first-order chi connectivity index (χ1) is 16.5. The van der Waals surface area contributed by atoms with Crippen LogP contribution in [0.2, 0.25) is 0 Å². The van der Waals surface area contributed by atoms with Crippen molar-refractivity contribution in [3.8, 4) is 5.75 Å². The number of ether oxygens (including phenoxy) is 1. The Bertz CT molecular complexity index is 1240. The third kappa shape index (κ3) is 4.27. The second-order valence-corrected chi connectivity index (χ2v) is 9.53. The van der Waals surface area contributed by atoms with Crippen molar-refractivity contribution in [2.75, 3.05) is 22.6 Å². The molecule has 5 rings (SSSR count). The molecular weight excluding hydrogens is 450 g/mol. The summed E-state index contributed by atoms with van der Waals surface area (Å²) < 4.78 is 7.40. The van der Waals surface area contributed by atoms with Crippen LogP contribution in [0.1, 0.15) is 42.8 Å². The molecule has 2 amide bonds. The maximum atomic E-state index is 12.7. The summed E-state index contributed by atoms with van der Waals surface area (Å²) in [7, 11) is 1.86. The Kier molecular flexibility index (Phi) is 6.28. The summed E-state index contributed by atoms with van der Waals surface area (Å²) >= 11 is 1.33. The molecule has 1 aliphatic carbocycles. The molecule has 3 aromatic rings. The van der Waals surface area contributed by atoms with E-state index in [0.717, 1.165) is 24.9 Å². The summed E-state index contributed by atoms with van der Waals surface area (Å²) in [5.41, 5.74) is 4.23. The summed E-state index contributed by atoms with van der Waals surface area (Å²) in [5, 5.41) is 12.3. The fourth-order valence-electron chi connectivity index (χ4n) is 4.69. The first kappa shape index (κ1) is 22.5. The molecule has 2 aromatic carbocycles. The molecule has 9 heteroatoms. The molecule has 2 aliphatic rings. The summed E-state index contributed by atoms with van der Waals surface area (Å²) in [6.07, 6.45) is 4.44. The highest BCUT2D eigenvalue weighted by molar-refractivity contribution is 7.99. The van der Waals surface area contributed by atoms with E-state index in [4.69, 9.17) is 4.74 Å². The summed E-state index contributed by atoms with van der Waals surface area (Å²) in [5.74, 6) is 1.34. The molecule has 1 atom stereocenters. The fraction of sp³-hybridized carbons (Fsp3) is 0.360. The van der Waals surface area contributed by atoms with E-state index in [1.165, 1.54) is 29.3 Å². The lowest BCUT2D eigenvalue weighted by Crippen LogP contribution is -2.41. The van der Waals surface area contributed by atoms with Gasteiger partial charge in [0.15, 0.2) is 17.6 Å². The molecule has 1 aliphatic heterocycles. The number of carbonyl (C=O) groups excluding carboxylic acids is 2. The minimum atomic E-state index is -0.339. The van der Waals surface area contributed by atoms with Gasteiger partial charge in [-0.1, -0.05) is 36.0 Å². The van der Waals surface area contributed by atoms with E-state index in [-0.39, 0.29) is 30.2 Å². The maximum absolute atomic E-state index is 12.7. The zero-order valence-corrected chi connectivity index (χ0v) is 20.1. The zero-order chi connectivity index (χ0) is 23.7. The molecule has 1 N–H and O–H groups in total. The van der Waals surface area contributed by atoms with Crippen molar-refractivity contribution in [3.05, 3.63) is 59.4 Å². The largest absolute Gasteiger partial charge is 0.482 e. The number of hydrogen-bond donors (Lipinski definition) is 1. The molecule has 0 saturated carbocycles. The highest BCUT2D eigenvalue weighted by Crippen LogP contribution is 2.37. The summed E-state index contributed by atoms with van der Waals surface area (Å²) in [4.78, 5) is 27.1.